The fourth-order valence-corrected chi connectivity index (χ4v) is 4.09. The minimum atomic E-state index is -0.880. The number of furan rings is 1. The molecule has 0 aliphatic heterocycles. The Morgan fingerprint density at radius 1 is 1.12 bits per heavy atom. The van der Waals surface area contributed by atoms with Crippen LogP contribution in [0.5, 0.6) is 5.75 Å². The summed E-state index contributed by atoms with van der Waals surface area (Å²) in [6.45, 7) is 2.45. The molecule has 7 nitrogen and oxygen atoms in total. The summed E-state index contributed by atoms with van der Waals surface area (Å²) in [6, 6.07) is 13.2. The second-order valence-electron chi connectivity index (χ2n) is 7.75. The van der Waals surface area contributed by atoms with E-state index in [4.69, 9.17) is 9.15 Å². The molecule has 1 aliphatic carbocycles. The van der Waals surface area contributed by atoms with Crippen molar-refractivity contribution >= 4 is 17.5 Å². The maximum absolute atomic E-state index is 13.6. The van der Waals surface area contributed by atoms with Crippen LogP contribution in [0.25, 0.3) is 0 Å². The van der Waals surface area contributed by atoms with Gasteiger partial charge in [0.05, 0.1) is 12.9 Å². The summed E-state index contributed by atoms with van der Waals surface area (Å²) in [5.41, 5.74) is 1.24. The van der Waals surface area contributed by atoms with Crippen molar-refractivity contribution in [2.45, 2.75) is 44.7 Å². The molecule has 1 aliphatic rings. The summed E-state index contributed by atoms with van der Waals surface area (Å²) in [7, 11) is 0. The summed E-state index contributed by atoms with van der Waals surface area (Å²) < 4.78 is 10.9. The van der Waals surface area contributed by atoms with Gasteiger partial charge < -0.3 is 14.5 Å². The minimum Gasteiger partial charge on any atom is -0.494 e. The Morgan fingerprint density at radius 3 is 2.47 bits per heavy atom. The standard InChI is InChI=1S/C25H27N3O4/c1-2-31-21-11-9-20(10-12-21)28(25(30)22-8-5-17-32-22)23(18-13-15-26-16-14-18)24(29)27-19-6-3-4-7-19/h5,8-17,19,23H,2-4,6-7H2,1H3,(H,27,29)/t23-/m0/s1. The molecule has 3 aromatic rings. The van der Waals surface area contributed by atoms with Crippen LogP contribution in [0, 0.1) is 0 Å². The van der Waals surface area contributed by atoms with Crippen LogP contribution >= 0.6 is 0 Å². The first-order valence-electron chi connectivity index (χ1n) is 11.0. The molecule has 2 heterocycles. The van der Waals surface area contributed by atoms with Crippen LogP contribution in [-0.2, 0) is 4.79 Å². The van der Waals surface area contributed by atoms with E-state index in [-0.39, 0.29) is 17.7 Å². The molecule has 166 valence electrons. The normalized spacial score (nSPS) is 14.7. The van der Waals surface area contributed by atoms with Crippen LogP contribution in [0.2, 0.25) is 0 Å². The Labute approximate surface area is 187 Å². The highest BCUT2D eigenvalue weighted by Gasteiger charge is 2.35. The lowest BCUT2D eigenvalue weighted by molar-refractivity contribution is -0.123. The second kappa shape index (κ2) is 10.1. The number of hydrogen-bond donors (Lipinski definition) is 1. The number of amides is 2. The number of carbonyl (C=O) groups is 2. The maximum Gasteiger partial charge on any atom is 0.294 e. The molecule has 7 heteroatoms. The molecule has 0 spiro atoms. The Balaban J connectivity index is 1.76. The molecule has 1 N–H and O–H groups in total. The van der Waals surface area contributed by atoms with Crippen molar-refractivity contribution in [1.29, 1.82) is 0 Å². The zero-order valence-electron chi connectivity index (χ0n) is 18.1. The van der Waals surface area contributed by atoms with Crippen molar-refractivity contribution in [3.05, 3.63) is 78.5 Å². The van der Waals surface area contributed by atoms with E-state index >= 15 is 0 Å². The zero-order chi connectivity index (χ0) is 22.3. The van der Waals surface area contributed by atoms with E-state index < -0.39 is 11.9 Å². The summed E-state index contributed by atoms with van der Waals surface area (Å²) in [4.78, 5) is 32.7. The van der Waals surface area contributed by atoms with Crippen molar-refractivity contribution in [1.82, 2.24) is 10.3 Å². The first-order chi connectivity index (χ1) is 15.7. The number of nitrogens with zero attached hydrogens (tertiary/aromatic N) is 2. The smallest absolute Gasteiger partial charge is 0.294 e. The van der Waals surface area contributed by atoms with E-state index in [0.29, 0.717) is 23.6 Å². The van der Waals surface area contributed by atoms with Crippen LogP contribution in [0.3, 0.4) is 0 Å². The first-order valence-corrected chi connectivity index (χ1v) is 11.0. The molecule has 1 aromatic carbocycles. The molecular weight excluding hydrogens is 406 g/mol. The van der Waals surface area contributed by atoms with E-state index in [2.05, 4.69) is 10.3 Å². The van der Waals surface area contributed by atoms with Gasteiger partial charge in [0.15, 0.2) is 5.76 Å². The molecule has 0 saturated heterocycles. The average Bonchev–Trinajstić information content (AvgIpc) is 3.53. The second-order valence-corrected chi connectivity index (χ2v) is 7.75. The molecule has 1 saturated carbocycles. The largest absolute Gasteiger partial charge is 0.494 e. The number of hydrogen-bond acceptors (Lipinski definition) is 5. The number of carbonyl (C=O) groups excluding carboxylic acids is 2. The van der Waals surface area contributed by atoms with Crippen molar-refractivity contribution < 1.29 is 18.7 Å². The van der Waals surface area contributed by atoms with Gasteiger partial charge in [0.2, 0.25) is 5.91 Å². The lowest BCUT2D eigenvalue weighted by Crippen LogP contribution is -2.46. The molecular formula is C25H27N3O4. The Morgan fingerprint density at radius 2 is 1.84 bits per heavy atom. The fourth-order valence-electron chi connectivity index (χ4n) is 4.09. The van der Waals surface area contributed by atoms with Gasteiger partial charge in [-0.25, -0.2) is 0 Å². The number of aromatic nitrogens is 1. The number of benzene rings is 1. The average molecular weight is 434 g/mol. The van der Waals surface area contributed by atoms with E-state index in [0.717, 1.165) is 25.7 Å². The van der Waals surface area contributed by atoms with Gasteiger partial charge in [-0.15, -0.1) is 0 Å². The fraction of sp³-hybridized carbons (Fsp3) is 0.320. The molecule has 0 radical (unpaired) electrons. The molecule has 1 fully saturated rings. The van der Waals surface area contributed by atoms with Crippen LogP contribution in [0.15, 0.2) is 71.6 Å². The highest BCUT2D eigenvalue weighted by molar-refractivity contribution is 6.08. The Kier molecular flexibility index (Phi) is 6.84. The van der Waals surface area contributed by atoms with E-state index in [9.17, 15) is 9.59 Å². The Hall–Kier alpha value is -3.61. The SMILES string of the molecule is CCOc1ccc(N(C(=O)c2ccco2)[C@H](C(=O)NC2CCCC2)c2ccncc2)cc1. The van der Waals surface area contributed by atoms with Crippen LogP contribution in [-0.4, -0.2) is 29.4 Å². The molecule has 1 atom stereocenters. The molecule has 32 heavy (non-hydrogen) atoms. The molecule has 0 unspecified atom stereocenters. The van der Waals surface area contributed by atoms with E-state index in [1.54, 1.807) is 60.9 Å². The van der Waals surface area contributed by atoms with Gasteiger partial charge in [-0.05, 0) is 73.9 Å². The number of rotatable bonds is 8. The van der Waals surface area contributed by atoms with Crippen molar-refractivity contribution in [2.75, 3.05) is 11.5 Å². The van der Waals surface area contributed by atoms with E-state index in [1.165, 1.54) is 11.2 Å². The van der Waals surface area contributed by atoms with Crippen LogP contribution in [0.1, 0.15) is 54.8 Å². The van der Waals surface area contributed by atoms with Gasteiger partial charge in [0.25, 0.3) is 5.91 Å². The highest BCUT2D eigenvalue weighted by atomic mass is 16.5. The van der Waals surface area contributed by atoms with Crippen molar-refractivity contribution in [2.24, 2.45) is 0 Å². The summed E-state index contributed by atoms with van der Waals surface area (Å²) >= 11 is 0. The lowest BCUT2D eigenvalue weighted by atomic mass is 10.0. The quantitative estimate of drug-likeness (QED) is 0.565. The topological polar surface area (TPSA) is 84.7 Å². The molecule has 2 amide bonds. The van der Waals surface area contributed by atoms with E-state index in [1.807, 2.05) is 6.92 Å². The maximum atomic E-state index is 13.6. The van der Waals surface area contributed by atoms with Crippen molar-refractivity contribution in [3.8, 4) is 5.75 Å². The number of pyridine rings is 1. The summed E-state index contributed by atoms with van der Waals surface area (Å²) in [5.74, 6) is 0.226. The predicted octanol–water partition coefficient (Wildman–Crippen LogP) is 4.52. The third-order valence-electron chi connectivity index (χ3n) is 5.61. The van der Waals surface area contributed by atoms with Gasteiger partial charge in [-0.3, -0.25) is 19.5 Å². The zero-order valence-corrected chi connectivity index (χ0v) is 18.1. The summed E-state index contributed by atoms with van der Waals surface area (Å²) in [5, 5.41) is 3.15. The molecule has 2 aromatic heterocycles. The third-order valence-corrected chi connectivity index (χ3v) is 5.61. The monoisotopic (exact) mass is 433 g/mol. The Bertz CT molecular complexity index is 1010. The lowest BCUT2D eigenvalue weighted by Gasteiger charge is -2.31. The number of anilines is 1. The number of nitrogens with one attached hydrogen (secondary N) is 1. The molecule has 4 rings (SSSR count). The predicted molar refractivity (Wildman–Crippen MR) is 121 cm³/mol. The van der Waals surface area contributed by atoms with Gasteiger partial charge in [-0.2, -0.15) is 0 Å². The van der Waals surface area contributed by atoms with Crippen LogP contribution < -0.4 is 15.0 Å². The van der Waals surface area contributed by atoms with Gasteiger partial charge >= 0.3 is 0 Å². The first kappa shape index (κ1) is 21.6. The van der Waals surface area contributed by atoms with Crippen molar-refractivity contribution in [3.63, 3.8) is 0 Å². The molecule has 0 bridgehead atoms. The minimum absolute atomic E-state index is 0.118. The van der Waals surface area contributed by atoms with Gasteiger partial charge in [0, 0.05) is 24.1 Å². The third kappa shape index (κ3) is 4.82. The van der Waals surface area contributed by atoms with Gasteiger partial charge in [-0.1, -0.05) is 12.8 Å². The van der Waals surface area contributed by atoms with Gasteiger partial charge in [0.1, 0.15) is 11.8 Å². The number of ether oxygens (including phenoxy) is 1. The van der Waals surface area contributed by atoms with Crippen LogP contribution in [0.4, 0.5) is 5.69 Å². The highest BCUT2D eigenvalue weighted by Crippen LogP contribution is 2.32. The summed E-state index contributed by atoms with van der Waals surface area (Å²) in [6.07, 6.45) is 8.78.